The zero-order chi connectivity index (χ0) is 26.5. The van der Waals surface area contributed by atoms with E-state index in [0.29, 0.717) is 29.6 Å². The summed E-state index contributed by atoms with van der Waals surface area (Å²) in [4.78, 5) is 14.7. The summed E-state index contributed by atoms with van der Waals surface area (Å²) in [5.41, 5.74) is 1.14. The van der Waals surface area contributed by atoms with Crippen LogP contribution in [0, 0.1) is 11.7 Å². The molecule has 1 aromatic carbocycles. The van der Waals surface area contributed by atoms with Crippen LogP contribution in [0.5, 0.6) is 0 Å². The Morgan fingerprint density at radius 2 is 1.74 bits per heavy atom. The van der Waals surface area contributed by atoms with Crippen LogP contribution in [-0.4, -0.2) is 47.3 Å². The number of nitrogens with one attached hydrogen (secondary N) is 2. The molecule has 3 fully saturated rings. The van der Waals surface area contributed by atoms with E-state index >= 15 is 0 Å². The van der Waals surface area contributed by atoms with Crippen LogP contribution >= 0.6 is 12.2 Å². The lowest BCUT2D eigenvalue weighted by molar-refractivity contribution is 0.292. The third-order valence-electron chi connectivity index (χ3n) is 8.86. The second-order valence-electron chi connectivity index (χ2n) is 11.8. The zero-order valence-corrected chi connectivity index (χ0v) is 23.8. The highest BCUT2D eigenvalue weighted by atomic mass is 32.1. The van der Waals surface area contributed by atoms with E-state index in [1.165, 1.54) is 56.9 Å². The van der Waals surface area contributed by atoms with Crippen molar-refractivity contribution >= 4 is 34.9 Å². The largest absolute Gasteiger partial charge is 0.361 e. The zero-order valence-electron chi connectivity index (χ0n) is 23.0. The van der Waals surface area contributed by atoms with Crippen LogP contribution in [0.2, 0.25) is 0 Å². The molecule has 6 nitrogen and oxygen atoms in total. The lowest BCUT2D eigenvalue weighted by Gasteiger charge is -2.38. The molecule has 2 saturated heterocycles. The fraction of sp³-hybridized carbons (Fsp3) is 0.633. The van der Waals surface area contributed by atoms with Crippen molar-refractivity contribution < 1.29 is 4.39 Å². The molecule has 0 spiro atoms. The van der Waals surface area contributed by atoms with Gasteiger partial charge in [0.2, 0.25) is 5.95 Å². The third kappa shape index (κ3) is 6.38. The first-order chi connectivity index (χ1) is 18.4. The molecule has 5 rings (SSSR count). The highest BCUT2D eigenvalue weighted by Gasteiger charge is 2.34. The first-order valence-corrected chi connectivity index (χ1v) is 15.0. The van der Waals surface area contributed by atoms with Gasteiger partial charge in [0, 0.05) is 43.7 Å². The van der Waals surface area contributed by atoms with Crippen LogP contribution in [0.25, 0.3) is 0 Å². The number of benzene rings is 1. The Kier molecular flexibility index (Phi) is 8.66. The van der Waals surface area contributed by atoms with Crippen LogP contribution in [0.1, 0.15) is 83.6 Å². The van der Waals surface area contributed by atoms with Crippen LogP contribution in [0.15, 0.2) is 30.3 Å². The molecule has 3 heterocycles. The van der Waals surface area contributed by atoms with Gasteiger partial charge in [-0.1, -0.05) is 38.3 Å². The molecule has 2 atom stereocenters. The van der Waals surface area contributed by atoms with E-state index in [1.54, 1.807) is 12.1 Å². The summed E-state index contributed by atoms with van der Waals surface area (Å²) in [5.74, 6) is 3.00. The molecule has 2 aliphatic heterocycles. The maximum atomic E-state index is 13.6. The normalized spacial score (nSPS) is 23.7. The van der Waals surface area contributed by atoms with Crippen molar-refractivity contribution in [3.63, 3.8) is 0 Å². The lowest BCUT2D eigenvalue weighted by Crippen LogP contribution is -2.44. The standard InChI is InChI=1S/C30H43FN6S/c1-22-9-8-17-36(20-22)26-19-27(37-18-7-4-10-23(37)2)34-28(33-26)35-29(38)32-21-30(15-5-3-6-16-30)24-11-13-25(31)14-12-24/h11-14,19,22-23H,3-10,15-18,20-21H2,1-2H3,(H2,32,33,34,35,38). The van der Waals surface area contributed by atoms with Gasteiger partial charge in [-0.3, -0.25) is 0 Å². The van der Waals surface area contributed by atoms with Crippen molar-refractivity contribution in [2.45, 2.75) is 89.5 Å². The molecule has 1 aliphatic carbocycles. The van der Waals surface area contributed by atoms with E-state index in [0.717, 1.165) is 44.1 Å². The molecular weight excluding hydrogens is 495 g/mol. The SMILES string of the molecule is CC1CCCN(c2cc(N3CCCCC3C)nc(NC(=S)NCC3(c4ccc(F)cc4)CCCCC3)n2)C1. The van der Waals surface area contributed by atoms with E-state index in [2.05, 4.69) is 40.3 Å². The Hall–Kier alpha value is -2.48. The minimum absolute atomic E-state index is 0.0429. The monoisotopic (exact) mass is 538 g/mol. The van der Waals surface area contributed by atoms with Crippen LogP contribution in [-0.2, 0) is 5.41 Å². The fourth-order valence-electron chi connectivity index (χ4n) is 6.62. The Morgan fingerprint density at radius 1 is 0.974 bits per heavy atom. The first-order valence-electron chi connectivity index (χ1n) is 14.6. The molecule has 2 unspecified atom stereocenters. The average molecular weight is 539 g/mol. The van der Waals surface area contributed by atoms with Crippen molar-refractivity contribution in [3.05, 3.63) is 41.7 Å². The molecule has 1 aromatic heterocycles. The van der Waals surface area contributed by atoms with Crippen LogP contribution in [0.3, 0.4) is 0 Å². The van der Waals surface area contributed by atoms with E-state index in [9.17, 15) is 4.39 Å². The maximum absolute atomic E-state index is 13.6. The predicted octanol–water partition coefficient (Wildman–Crippen LogP) is 6.42. The molecule has 38 heavy (non-hydrogen) atoms. The number of nitrogens with zero attached hydrogens (tertiary/aromatic N) is 4. The molecule has 2 N–H and O–H groups in total. The number of anilines is 3. The third-order valence-corrected chi connectivity index (χ3v) is 9.10. The van der Waals surface area contributed by atoms with Crippen molar-refractivity contribution in [3.8, 4) is 0 Å². The summed E-state index contributed by atoms with van der Waals surface area (Å²) >= 11 is 5.78. The molecule has 2 aromatic rings. The lowest BCUT2D eigenvalue weighted by atomic mass is 9.69. The minimum Gasteiger partial charge on any atom is -0.361 e. The second kappa shape index (κ2) is 12.1. The van der Waals surface area contributed by atoms with Crippen molar-refractivity contribution in [2.75, 3.05) is 41.3 Å². The summed E-state index contributed by atoms with van der Waals surface area (Å²) in [6, 6.07) is 9.67. The number of piperidine rings is 2. The molecular formula is C30H43FN6S. The number of hydrogen-bond acceptors (Lipinski definition) is 5. The van der Waals surface area contributed by atoms with Crippen molar-refractivity contribution in [2.24, 2.45) is 5.92 Å². The van der Waals surface area contributed by atoms with E-state index < -0.39 is 0 Å². The van der Waals surface area contributed by atoms with Gasteiger partial charge in [0.25, 0.3) is 0 Å². The van der Waals surface area contributed by atoms with E-state index in [-0.39, 0.29) is 11.2 Å². The second-order valence-corrected chi connectivity index (χ2v) is 12.2. The topological polar surface area (TPSA) is 56.3 Å². The predicted molar refractivity (Wildman–Crippen MR) is 159 cm³/mol. The molecule has 0 radical (unpaired) electrons. The highest BCUT2D eigenvalue weighted by molar-refractivity contribution is 7.80. The summed E-state index contributed by atoms with van der Waals surface area (Å²) < 4.78 is 13.6. The van der Waals surface area contributed by atoms with Gasteiger partial charge in [-0.05, 0) is 87.7 Å². The molecule has 206 valence electrons. The summed E-state index contributed by atoms with van der Waals surface area (Å²) in [7, 11) is 0. The van der Waals surface area contributed by atoms with Gasteiger partial charge in [0.1, 0.15) is 17.5 Å². The fourth-order valence-corrected chi connectivity index (χ4v) is 6.78. The van der Waals surface area contributed by atoms with Crippen molar-refractivity contribution in [1.29, 1.82) is 0 Å². The summed E-state index contributed by atoms with van der Waals surface area (Å²) in [5, 5.41) is 7.36. The van der Waals surface area contributed by atoms with E-state index in [4.69, 9.17) is 22.2 Å². The van der Waals surface area contributed by atoms with Crippen molar-refractivity contribution in [1.82, 2.24) is 15.3 Å². The average Bonchev–Trinajstić information content (AvgIpc) is 2.93. The first kappa shape index (κ1) is 27.1. The van der Waals surface area contributed by atoms with Crippen LogP contribution < -0.4 is 20.4 Å². The number of aromatic nitrogens is 2. The Morgan fingerprint density at radius 3 is 2.47 bits per heavy atom. The van der Waals surface area contributed by atoms with Crippen LogP contribution in [0.4, 0.5) is 22.0 Å². The van der Waals surface area contributed by atoms with Gasteiger partial charge >= 0.3 is 0 Å². The van der Waals surface area contributed by atoms with Gasteiger partial charge in [-0.15, -0.1) is 0 Å². The molecule has 3 aliphatic rings. The molecule has 0 amide bonds. The summed E-state index contributed by atoms with van der Waals surface area (Å²) in [6.07, 6.45) is 11.9. The van der Waals surface area contributed by atoms with E-state index in [1.807, 2.05) is 12.1 Å². The number of thiocarbonyl (C=S) groups is 1. The summed E-state index contributed by atoms with van der Waals surface area (Å²) in [6.45, 7) is 8.40. The minimum atomic E-state index is -0.191. The quantitative estimate of drug-likeness (QED) is 0.412. The molecule has 0 bridgehead atoms. The van der Waals surface area contributed by atoms with Gasteiger partial charge in [0.15, 0.2) is 5.11 Å². The molecule has 8 heteroatoms. The number of rotatable bonds is 6. The maximum Gasteiger partial charge on any atom is 0.232 e. The van der Waals surface area contributed by atoms with Gasteiger partial charge in [-0.25, -0.2) is 4.39 Å². The molecule has 1 saturated carbocycles. The highest BCUT2D eigenvalue weighted by Crippen LogP contribution is 2.39. The Labute approximate surface area is 232 Å². The number of hydrogen-bond donors (Lipinski definition) is 2. The van der Waals surface area contributed by atoms with Gasteiger partial charge in [0.05, 0.1) is 0 Å². The van der Waals surface area contributed by atoms with Gasteiger partial charge in [-0.2, -0.15) is 9.97 Å². The van der Waals surface area contributed by atoms with Gasteiger partial charge < -0.3 is 20.4 Å². The smallest absolute Gasteiger partial charge is 0.232 e. The Bertz CT molecular complexity index is 1090. The number of halogens is 1. The Balaban J connectivity index is 1.34.